The smallest absolute Gasteiger partial charge is 0.330 e. The minimum Gasteiger partial charge on any atom is -0.478 e. The third-order valence-corrected chi connectivity index (χ3v) is 2.77. The van der Waals surface area contributed by atoms with Gasteiger partial charge in [0.05, 0.1) is 6.61 Å². The first-order valence-corrected chi connectivity index (χ1v) is 5.25. The largest absolute Gasteiger partial charge is 0.478 e. The highest BCUT2D eigenvalue weighted by molar-refractivity contribution is 5.85. The van der Waals surface area contributed by atoms with E-state index in [1.165, 1.54) is 0 Å². The molecule has 0 aromatic rings. The Morgan fingerprint density at radius 1 is 1.67 bits per heavy atom. The van der Waals surface area contributed by atoms with Crippen molar-refractivity contribution < 1.29 is 14.6 Å². The van der Waals surface area contributed by atoms with Crippen molar-refractivity contribution in [1.29, 1.82) is 0 Å². The van der Waals surface area contributed by atoms with Crippen LogP contribution in [0.4, 0.5) is 0 Å². The summed E-state index contributed by atoms with van der Waals surface area (Å²) in [6, 6.07) is 0. The lowest BCUT2D eigenvalue weighted by Crippen LogP contribution is -2.22. The number of nitrogens with zero attached hydrogens (tertiary/aromatic N) is 1. The van der Waals surface area contributed by atoms with Crippen LogP contribution in [0.5, 0.6) is 0 Å². The van der Waals surface area contributed by atoms with E-state index < -0.39 is 5.97 Å². The lowest BCUT2D eigenvalue weighted by atomic mass is 10.1. The summed E-state index contributed by atoms with van der Waals surface area (Å²) < 4.78 is 5.10. The van der Waals surface area contributed by atoms with E-state index in [2.05, 4.69) is 4.90 Å². The number of rotatable bonds is 5. The van der Waals surface area contributed by atoms with Crippen LogP contribution in [-0.2, 0) is 9.53 Å². The predicted molar refractivity (Wildman–Crippen MR) is 57.8 cm³/mol. The molecule has 1 atom stereocenters. The Bertz CT molecular complexity index is 250. The molecule has 0 amide bonds. The van der Waals surface area contributed by atoms with E-state index in [1.54, 1.807) is 20.1 Å². The van der Waals surface area contributed by atoms with Crippen molar-refractivity contribution in [2.45, 2.75) is 13.3 Å². The van der Waals surface area contributed by atoms with Crippen LogP contribution < -0.4 is 0 Å². The van der Waals surface area contributed by atoms with Crippen LogP contribution in [0.25, 0.3) is 0 Å². The average Bonchev–Trinajstić information content (AvgIpc) is 2.62. The molecular weight excluding hydrogens is 194 g/mol. The number of hydrogen-bond donors (Lipinski definition) is 1. The van der Waals surface area contributed by atoms with Gasteiger partial charge in [0.1, 0.15) is 0 Å². The number of methoxy groups -OCH3 is 1. The van der Waals surface area contributed by atoms with Gasteiger partial charge in [-0.05, 0) is 25.8 Å². The third-order valence-electron chi connectivity index (χ3n) is 2.77. The molecule has 0 spiro atoms. The van der Waals surface area contributed by atoms with E-state index in [9.17, 15) is 4.79 Å². The molecule has 0 aromatic carbocycles. The number of likely N-dealkylation sites (tertiary alicyclic amines) is 1. The molecule has 1 saturated heterocycles. The Morgan fingerprint density at radius 3 is 3.00 bits per heavy atom. The SMILES string of the molecule is COCC1CCN(CC=C(C)C(=O)O)C1. The van der Waals surface area contributed by atoms with Gasteiger partial charge in [0.25, 0.3) is 0 Å². The van der Waals surface area contributed by atoms with E-state index >= 15 is 0 Å². The third kappa shape index (κ3) is 4.01. The van der Waals surface area contributed by atoms with Crippen molar-refractivity contribution in [3.63, 3.8) is 0 Å². The average molecular weight is 213 g/mol. The van der Waals surface area contributed by atoms with Crippen LogP contribution >= 0.6 is 0 Å². The van der Waals surface area contributed by atoms with Crippen LogP contribution in [0.15, 0.2) is 11.6 Å². The van der Waals surface area contributed by atoms with Gasteiger partial charge < -0.3 is 9.84 Å². The van der Waals surface area contributed by atoms with Gasteiger partial charge in [-0.25, -0.2) is 4.79 Å². The molecular formula is C11H19NO3. The maximum absolute atomic E-state index is 10.6. The molecule has 4 heteroatoms. The Balaban J connectivity index is 2.30. The molecule has 1 aliphatic rings. The van der Waals surface area contributed by atoms with Crippen molar-refractivity contribution in [2.24, 2.45) is 5.92 Å². The summed E-state index contributed by atoms with van der Waals surface area (Å²) in [4.78, 5) is 12.8. The summed E-state index contributed by atoms with van der Waals surface area (Å²) in [5.74, 6) is -0.226. The monoisotopic (exact) mass is 213 g/mol. The van der Waals surface area contributed by atoms with E-state index in [1.807, 2.05) is 0 Å². The van der Waals surface area contributed by atoms with E-state index in [0.29, 0.717) is 11.5 Å². The molecule has 1 unspecified atom stereocenters. The lowest BCUT2D eigenvalue weighted by molar-refractivity contribution is -0.132. The van der Waals surface area contributed by atoms with Crippen molar-refractivity contribution in [3.8, 4) is 0 Å². The highest BCUT2D eigenvalue weighted by Crippen LogP contribution is 2.16. The highest BCUT2D eigenvalue weighted by Gasteiger charge is 2.21. The Kier molecular flexibility index (Phi) is 4.78. The fourth-order valence-corrected chi connectivity index (χ4v) is 1.80. The zero-order chi connectivity index (χ0) is 11.3. The second kappa shape index (κ2) is 5.88. The Hall–Kier alpha value is -0.870. The van der Waals surface area contributed by atoms with Crippen molar-refractivity contribution in [2.75, 3.05) is 33.4 Å². The number of carboxylic acids is 1. The molecule has 0 saturated carbocycles. The maximum Gasteiger partial charge on any atom is 0.330 e. The molecule has 1 rings (SSSR count). The molecule has 0 bridgehead atoms. The molecule has 1 heterocycles. The van der Waals surface area contributed by atoms with E-state index in [-0.39, 0.29) is 0 Å². The van der Waals surface area contributed by atoms with Gasteiger partial charge in [-0.1, -0.05) is 6.08 Å². The maximum atomic E-state index is 10.6. The summed E-state index contributed by atoms with van der Waals surface area (Å²) >= 11 is 0. The van der Waals surface area contributed by atoms with Crippen LogP contribution in [0.2, 0.25) is 0 Å². The van der Waals surface area contributed by atoms with Crippen LogP contribution in [-0.4, -0.2) is 49.3 Å². The summed E-state index contributed by atoms with van der Waals surface area (Å²) in [5.41, 5.74) is 0.421. The normalized spacial score (nSPS) is 23.3. The van der Waals surface area contributed by atoms with Gasteiger partial charge in [-0.3, -0.25) is 4.90 Å². The highest BCUT2D eigenvalue weighted by atomic mass is 16.5. The van der Waals surface area contributed by atoms with Gasteiger partial charge in [-0.15, -0.1) is 0 Å². The van der Waals surface area contributed by atoms with Crippen LogP contribution in [0.3, 0.4) is 0 Å². The first-order chi connectivity index (χ1) is 7.13. The molecule has 0 aliphatic carbocycles. The number of carbonyl (C=O) groups is 1. The summed E-state index contributed by atoms with van der Waals surface area (Å²) in [6.07, 6.45) is 2.92. The number of aliphatic carboxylic acids is 1. The zero-order valence-corrected chi connectivity index (χ0v) is 9.40. The minimum absolute atomic E-state index is 0.421. The zero-order valence-electron chi connectivity index (χ0n) is 9.40. The first kappa shape index (κ1) is 12.2. The molecule has 4 nitrogen and oxygen atoms in total. The molecule has 1 N–H and O–H groups in total. The number of ether oxygens (including phenoxy) is 1. The lowest BCUT2D eigenvalue weighted by Gasteiger charge is -2.13. The Morgan fingerprint density at radius 2 is 2.40 bits per heavy atom. The minimum atomic E-state index is -0.831. The second-order valence-corrected chi connectivity index (χ2v) is 4.06. The second-order valence-electron chi connectivity index (χ2n) is 4.06. The number of hydrogen-bond acceptors (Lipinski definition) is 3. The molecule has 15 heavy (non-hydrogen) atoms. The molecule has 1 fully saturated rings. The fourth-order valence-electron chi connectivity index (χ4n) is 1.80. The molecule has 0 aromatic heterocycles. The van der Waals surface area contributed by atoms with Crippen LogP contribution in [0.1, 0.15) is 13.3 Å². The first-order valence-electron chi connectivity index (χ1n) is 5.25. The van der Waals surface area contributed by atoms with Gasteiger partial charge in [0.2, 0.25) is 0 Å². The predicted octanol–water partition coefficient (Wildman–Crippen LogP) is 0.986. The standard InChI is InChI=1S/C11H19NO3/c1-9(11(13)14)3-5-12-6-4-10(7-12)8-15-2/h3,10H,4-8H2,1-2H3,(H,13,14). The molecule has 1 aliphatic heterocycles. The van der Waals surface area contributed by atoms with E-state index in [0.717, 1.165) is 32.7 Å². The molecule has 86 valence electrons. The summed E-state index contributed by atoms with van der Waals surface area (Å²) in [6.45, 7) is 5.22. The van der Waals surface area contributed by atoms with Crippen molar-refractivity contribution in [3.05, 3.63) is 11.6 Å². The van der Waals surface area contributed by atoms with Gasteiger partial charge in [-0.2, -0.15) is 0 Å². The molecule has 0 radical (unpaired) electrons. The van der Waals surface area contributed by atoms with Gasteiger partial charge in [0, 0.05) is 25.8 Å². The summed E-state index contributed by atoms with van der Waals surface area (Å²) in [7, 11) is 1.72. The van der Waals surface area contributed by atoms with Gasteiger partial charge >= 0.3 is 5.97 Å². The fraction of sp³-hybridized carbons (Fsp3) is 0.727. The topological polar surface area (TPSA) is 49.8 Å². The van der Waals surface area contributed by atoms with Crippen LogP contribution in [0, 0.1) is 5.92 Å². The van der Waals surface area contributed by atoms with Crippen molar-refractivity contribution >= 4 is 5.97 Å². The van der Waals surface area contributed by atoms with Gasteiger partial charge in [0.15, 0.2) is 0 Å². The Labute approximate surface area is 90.5 Å². The van der Waals surface area contributed by atoms with E-state index in [4.69, 9.17) is 9.84 Å². The number of carboxylic acid groups (broad SMARTS) is 1. The quantitative estimate of drug-likeness (QED) is 0.692. The van der Waals surface area contributed by atoms with Crippen molar-refractivity contribution in [1.82, 2.24) is 4.90 Å². The summed E-state index contributed by atoms with van der Waals surface area (Å²) in [5, 5.41) is 8.69.